The van der Waals surface area contributed by atoms with Crippen LogP contribution in [0, 0.1) is 0 Å². The predicted octanol–water partition coefficient (Wildman–Crippen LogP) is 2.55. The molecule has 2 N–H and O–H groups in total. The second-order valence-corrected chi connectivity index (χ2v) is 4.49. The van der Waals surface area contributed by atoms with Crippen LogP contribution in [0.25, 0.3) is 0 Å². The standard InChI is InChI=1S/C14H21F3N2O2/c1-3-19(7-8-20-2)13(10-18)11-5-4-6-12(9-11)21-14(15,16)17/h4-6,9,13H,3,7-8,10,18H2,1-2H3. The molecule has 0 aliphatic carbocycles. The van der Waals surface area contributed by atoms with Crippen LogP contribution >= 0.6 is 0 Å². The third-order valence-electron chi connectivity index (χ3n) is 3.13. The van der Waals surface area contributed by atoms with Crippen molar-refractivity contribution in [3.63, 3.8) is 0 Å². The minimum Gasteiger partial charge on any atom is -0.406 e. The Kier molecular flexibility index (Phi) is 6.94. The van der Waals surface area contributed by atoms with Crippen LogP contribution in [0.2, 0.25) is 0 Å². The third kappa shape index (κ3) is 5.91. The molecule has 7 heteroatoms. The van der Waals surface area contributed by atoms with E-state index in [2.05, 4.69) is 9.64 Å². The van der Waals surface area contributed by atoms with Gasteiger partial charge in [0.2, 0.25) is 0 Å². The van der Waals surface area contributed by atoms with Gasteiger partial charge in [-0.05, 0) is 24.2 Å². The summed E-state index contributed by atoms with van der Waals surface area (Å²) in [4.78, 5) is 2.05. The Morgan fingerprint density at radius 2 is 2.05 bits per heavy atom. The van der Waals surface area contributed by atoms with Gasteiger partial charge >= 0.3 is 6.36 Å². The molecule has 0 amide bonds. The Bertz CT molecular complexity index is 427. The average Bonchev–Trinajstić information content (AvgIpc) is 2.41. The maximum Gasteiger partial charge on any atom is 0.573 e. The Balaban J connectivity index is 2.91. The zero-order valence-corrected chi connectivity index (χ0v) is 12.2. The zero-order chi connectivity index (χ0) is 15.9. The Labute approximate surface area is 122 Å². The molecule has 0 aliphatic heterocycles. The first-order valence-corrected chi connectivity index (χ1v) is 6.70. The molecular weight excluding hydrogens is 285 g/mol. The maximum absolute atomic E-state index is 12.3. The molecule has 1 unspecified atom stereocenters. The van der Waals surface area contributed by atoms with Gasteiger partial charge in [-0.3, -0.25) is 4.90 Å². The number of hydrogen-bond donors (Lipinski definition) is 1. The van der Waals surface area contributed by atoms with E-state index < -0.39 is 6.36 Å². The van der Waals surface area contributed by atoms with E-state index in [1.165, 1.54) is 18.2 Å². The molecule has 120 valence electrons. The topological polar surface area (TPSA) is 47.7 Å². The lowest BCUT2D eigenvalue weighted by Crippen LogP contribution is -2.36. The first-order valence-electron chi connectivity index (χ1n) is 6.70. The molecule has 21 heavy (non-hydrogen) atoms. The number of methoxy groups -OCH3 is 1. The van der Waals surface area contributed by atoms with Gasteiger partial charge in [-0.1, -0.05) is 19.1 Å². The summed E-state index contributed by atoms with van der Waals surface area (Å²) in [6, 6.07) is 5.75. The summed E-state index contributed by atoms with van der Waals surface area (Å²) in [5.41, 5.74) is 6.48. The summed E-state index contributed by atoms with van der Waals surface area (Å²) in [6.45, 7) is 4.17. The molecule has 0 aliphatic rings. The minimum atomic E-state index is -4.70. The summed E-state index contributed by atoms with van der Waals surface area (Å²) in [6.07, 6.45) is -4.70. The highest BCUT2D eigenvalue weighted by atomic mass is 19.4. The van der Waals surface area contributed by atoms with Gasteiger partial charge in [0.25, 0.3) is 0 Å². The normalized spacial score (nSPS) is 13.5. The van der Waals surface area contributed by atoms with Gasteiger partial charge in [0.1, 0.15) is 5.75 Å². The first kappa shape index (κ1) is 17.7. The highest BCUT2D eigenvalue weighted by Gasteiger charge is 2.31. The molecule has 0 bridgehead atoms. The van der Waals surface area contributed by atoms with Crippen LogP contribution in [-0.2, 0) is 4.74 Å². The van der Waals surface area contributed by atoms with E-state index in [1.54, 1.807) is 13.2 Å². The highest BCUT2D eigenvalue weighted by Crippen LogP contribution is 2.27. The fraction of sp³-hybridized carbons (Fsp3) is 0.571. The number of benzene rings is 1. The fourth-order valence-corrected chi connectivity index (χ4v) is 2.16. The van der Waals surface area contributed by atoms with Gasteiger partial charge in [-0.2, -0.15) is 0 Å². The average molecular weight is 306 g/mol. The van der Waals surface area contributed by atoms with Crippen molar-refractivity contribution in [1.29, 1.82) is 0 Å². The molecule has 0 fully saturated rings. The van der Waals surface area contributed by atoms with Crippen molar-refractivity contribution in [2.75, 3.05) is 33.4 Å². The third-order valence-corrected chi connectivity index (χ3v) is 3.13. The monoisotopic (exact) mass is 306 g/mol. The van der Waals surface area contributed by atoms with E-state index >= 15 is 0 Å². The molecule has 0 saturated heterocycles. The highest BCUT2D eigenvalue weighted by molar-refractivity contribution is 5.31. The largest absolute Gasteiger partial charge is 0.573 e. The summed E-state index contributed by atoms with van der Waals surface area (Å²) in [5, 5.41) is 0. The van der Waals surface area contributed by atoms with Crippen molar-refractivity contribution in [3.05, 3.63) is 29.8 Å². The Hall–Kier alpha value is -1.31. The van der Waals surface area contributed by atoms with E-state index in [0.29, 0.717) is 25.3 Å². The number of nitrogens with two attached hydrogens (primary N) is 1. The SMILES string of the molecule is CCN(CCOC)C(CN)c1cccc(OC(F)(F)F)c1. The van der Waals surface area contributed by atoms with Crippen LogP contribution in [0.15, 0.2) is 24.3 Å². The molecule has 0 heterocycles. The van der Waals surface area contributed by atoms with E-state index in [4.69, 9.17) is 10.5 Å². The quantitative estimate of drug-likeness (QED) is 0.802. The van der Waals surface area contributed by atoms with Crippen LogP contribution < -0.4 is 10.5 Å². The van der Waals surface area contributed by atoms with Crippen LogP contribution in [0.4, 0.5) is 13.2 Å². The maximum atomic E-state index is 12.3. The van der Waals surface area contributed by atoms with E-state index in [9.17, 15) is 13.2 Å². The van der Waals surface area contributed by atoms with Crippen molar-refractivity contribution in [2.45, 2.75) is 19.3 Å². The van der Waals surface area contributed by atoms with Crippen molar-refractivity contribution in [1.82, 2.24) is 4.90 Å². The van der Waals surface area contributed by atoms with Gasteiger partial charge in [0.05, 0.1) is 6.61 Å². The van der Waals surface area contributed by atoms with E-state index in [-0.39, 0.29) is 11.8 Å². The lowest BCUT2D eigenvalue weighted by atomic mass is 10.0. The summed E-state index contributed by atoms with van der Waals surface area (Å²) in [5.74, 6) is -0.235. The molecule has 4 nitrogen and oxygen atoms in total. The Morgan fingerprint density at radius 3 is 2.57 bits per heavy atom. The molecule has 1 atom stereocenters. The second kappa shape index (κ2) is 8.21. The molecule has 1 aromatic rings. The van der Waals surface area contributed by atoms with E-state index in [0.717, 1.165) is 6.54 Å². The molecule has 0 saturated carbocycles. The van der Waals surface area contributed by atoms with Crippen LogP contribution in [0.1, 0.15) is 18.5 Å². The first-order chi connectivity index (χ1) is 9.91. The molecule has 1 rings (SSSR count). The number of ether oxygens (including phenoxy) is 2. The minimum absolute atomic E-state index is 0.179. The van der Waals surface area contributed by atoms with Crippen molar-refractivity contribution in [2.24, 2.45) is 5.73 Å². The van der Waals surface area contributed by atoms with Crippen molar-refractivity contribution >= 4 is 0 Å². The lowest BCUT2D eigenvalue weighted by Gasteiger charge is -2.30. The number of halogens is 3. The Morgan fingerprint density at radius 1 is 1.33 bits per heavy atom. The lowest BCUT2D eigenvalue weighted by molar-refractivity contribution is -0.274. The number of likely N-dealkylation sites (N-methyl/N-ethyl adjacent to an activating group) is 1. The van der Waals surface area contributed by atoms with Crippen molar-refractivity contribution < 1.29 is 22.6 Å². The number of rotatable bonds is 8. The molecular formula is C14H21F3N2O2. The van der Waals surface area contributed by atoms with Gasteiger partial charge in [0, 0.05) is 26.2 Å². The fourth-order valence-electron chi connectivity index (χ4n) is 2.16. The van der Waals surface area contributed by atoms with Crippen LogP contribution in [-0.4, -0.2) is 44.6 Å². The smallest absolute Gasteiger partial charge is 0.406 e. The predicted molar refractivity (Wildman–Crippen MR) is 74.0 cm³/mol. The van der Waals surface area contributed by atoms with Gasteiger partial charge in [0.15, 0.2) is 0 Å². The molecule has 1 aromatic carbocycles. The number of alkyl halides is 3. The molecule has 0 aromatic heterocycles. The second-order valence-electron chi connectivity index (χ2n) is 4.49. The van der Waals surface area contributed by atoms with Gasteiger partial charge in [-0.25, -0.2) is 0 Å². The summed E-state index contributed by atoms with van der Waals surface area (Å²) in [7, 11) is 1.60. The van der Waals surface area contributed by atoms with Crippen LogP contribution in [0.5, 0.6) is 5.75 Å². The number of hydrogen-bond acceptors (Lipinski definition) is 4. The van der Waals surface area contributed by atoms with E-state index in [1.807, 2.05) is 6.92 Å². The van der Waals surface area contributed by atoms with Gasteiger partial charge in [-0.15, -0.1) is 13.2 Å². The summed E-state index contributed by atoms with van der Waals surface area (Å²) >= 11 is 0. The van der Waals surface area contributed by atoms with Crippen LogP contribution in [0.3, 0.4) is 0 Å². The zero-order valence-electron chi connectivity index (χ0n) is 12.2. The molecule has 0 spiro atoms. The molecule has 0 radical (unpaired) electrons. The summed E-state index contributed by atoms with van der Waals surface area (Å²) < 4.78 is 45.8. The number of nitrogens with zero attached hydrogens (tertiary/aromatic N) is 1. The van der Waals surface area contributed by atoms with Gasteiger partial charge < -0.3 is 15.2 Å². The van der Waals surface area contributed by atoms with Crippen molar-refractivity contribution in [3.8, 4) is 5.75 Å².